The molecule has 0 atom stereocenters. The zero-order chi connectivity index (χ0) is 5.54. The molecule has 0 fully saturated rings. The summed E-state index contributed by atoms with van der Waals surface area (Å²) < 4.78 is 0. The van der Waals surface area contributed by atoms with Gasteiger partial charge in [0.15, 0.2) is 0 Å². The van der Waals surface area contributed by atoms with Gasteiger partial charge in [0.2, 0.25) is 0 Å². The SMILES string of the molecule is [CH2-]CCCCCC.[OH-].[Zr+2]. The molecule has 1 nitrogen and oxygen atoms in total. The number of hydrogen-bond acceptors (Lipinski definition) is 1. The molecular formula is C7H16OZr. The molecule has 0 heterocycles. The van der Waals surface area contributed by atoms with Crippen LogP contribution in [0.3, 0.4) is 0 Å². The van der Waals surface area contributed by atoms with E-state index < -0.39 is 0 Å². The fourth-order valence-corrected chi connectivity index (χ4v) is 0.604. The van der Waals surface area contributed by atoms with Gasteiger partial charge in [-0.3, -0.25) is 0 Å². The molecule has 0 saturated carbocycles. The average molecular weight is 207 g/mol. The Bertz CT molecular complexity index is 28.1. The van der Waals surface area contributed by atoms with Crippen molar-refractivity contribution in [2.75, 3.05) is 0 Å². The van der Waals surface area contributed by atoms with Gasteiger partial charge in [0.05, 0.1) is 0 Å². The van der Waals surface area contributed by atoms with Crippen LogP contribution in [0.1, 0.15) is 39.0 Å². The molecule has 0 aliphatic heterocycles. The maximum Gasteiger partial charge on any atom is 2.00 e. The number of hydrogen-bond donors (Lipinski definition) is 0. The quantitative estimate of drug-likeness (QED) is 0.515. The Morgan fingerprint density at radius 3 is 2.00 bits per heavy atom. The molecule has 0 aromatic carbocycles. The first-order chi connectivity index (χ1) is 3.41. The molecule has 0 aromatic heterocycles. The van der Waals surface area contributed by atoms with Crippen molar-refractivity contribution in [3.05, 3.63) is 6.92 Å². The molecule has 2 heteroatoms. The van der Waals surface area contributed by atoms with E-state index in [-0.39, 0.29) is 31.7 Å². The summed E-state index contributed by atoms with van der Waals surface area (Å²) in [6.45, 7) is 5.98. The van der Waals surface area contributed by atoms with Crippen molar-refractivity contribution >= 4 is 0 Å². The van der Waals surface area contributed by atoms with Crippen molar-refractivity contribution in [2.24, 2.45) is 0 Å². The summed E-state index contributed by atoms with van der Waals surface area (Å²) in [7, 11) is 0. The summed E-state index contributed by atoms with van der Waals surface area (Å²) in [6, 6.07) is 0. The van der Waals surface area contributed by atoms with E-state index in [9.17, 15) is 0 Å². The third kappa shape index (κ3) is 17.7. The molecule has 0 aliphatic rings. The molecule has 0 saturated heterocycles. The van der Waals surface area contributed by atoms with Crippen molar-refractivity contribution in [3.63, 3.8) is 0 Å². The zero-order valence-electron chi connectivity index (χ0n) is 6.19. The molecule has 0 amide bonds. The maximum absolute atomic E-state index is 3.76. The first-order valence-electron chi connectivity index (χ1n) is 3.21. The summed E-state index contributed by atoms with van der Waals surface area (Å²) >= 11 is 0. The van der Waals surface area contributed by atoms with Crippen molar-refractivity contribution in [1.29, 1.82) is 0 Å². The summed E-state index contributed by atoms with van der Waals surface area (Å²) in [4.78, 5) is 0. The first kappa shape index (κ1) is 16.4. The van der Waals surface area contributed by atoms with Gasteiger partial charge < -0.3 is 12.4 Å². The molecule has 1 N–H and O–H groups in total. The van der Waals surface area contributed by atoms with Crippen molar-refractivity contribution in [3.8, 4) is 0 Å². The first-order valence-corrected chi connectivity index (χ1v) is 3.21. The average Bonchev–Trinajstić information content (AvgIpc) is 1.69. The summed E-state index contributed by atoms with van der Waals surface area (Å²) in [5.41, 5.74) is 0. The largest absolute Gasteiger partial charge is 2.00 e. The van der Waals surface area contributed by atoms with Gasteiger partial charge in [-0.1, -0.05) is 32.6 Å². The smallest absolute Gasteiger partial charge is 0.870 e. The molecule has 9 heavy (non-hydrogen) atoms. The minimum Gasteiger partial charge on any atom is -0.870 e. The monoisotopic (exact) mass is 206 g/mol. The third-order valence-electron chi connectivity index (χ3n) is 1.10. The van der Waals surface area contributed by atoms with E-state index in [1.807, 2.05) is 0 Å². The van der Waals surface area contributed by atoms with Crippen LogP contribution in [-0.4, -0.2) is 5.48 Å². The predicted octanol–water partition coefficient (Wildman–Crippen LogP) is 2.61. The normalized spacial score (nSPS) is 7.33. The van der Waals surface area contributed by atoms with Crippen LogP contribution in [0.15, 0.2) is 0 Å². The minimum absolute atomic E-state index is 0. The zero-order valence-corrected chi connectivity index (χ0v) is 8.65. The molecule has 0 rings (SSSR count). The van der Waals surface area contributed by atoms with Crippen LogP contribution >= 0.6 is 0 Å². The summed E-state index contributed by atoms with van der Waals surface area (Å²) in [6.07, 6.45) is 6.52. The van der Waals surface area contributed by atoms with Crippen LogP contribution in [0.2, 0.25) is 0 Å². The Morgan fingerprint density at radius 1 is 1.11 bits per heavy atom. The minimum atomic E-state index is 0. The Balaban J connectivity index is -0.000000180. The standard InChI is InChI=1S/C7H15.H2O.Zr/c1-3-5-7-6-4-2;;/h1,3-7H2,2H3;1H2;/q-1;;+2/p-1. The number of unbranched alkanes of at least 4 members (excludes halogenated alkanes) is 4. The second-order valence-corrected chi connectivity index (χ2v) is 1.91. The van der Waals surface area contributed by atoms with Gasteiger partial charge in [-0.15, -0.1) is 0 Å². The molecule has 54 valence electrons. The van der Waals surface area contributed by atoms with Crippen LogP contribution < -0.4 is 0 Å². The van der Waals surface area contributed by atoms with E-state index in [1.165, 1.54) is 25.7 Å². The molecule has 0 spiro atoms. The molecule has 0 radical (unpaired) electrons. The van der Waals surface area contributed by atoms with Gasteiger partial charge >= 0.3 is 26.2 Å². The summed E-state index contributed by atoms with van der Waals surface area (Å²) in [5.74, 6) is 0. The van der Waals surface area contributed by atoms with Crippen LogP contribution in [0.5, 0.6) is 0 Å². The fourth-order valence-electron chi connectivity index (χ4n) is 0.604. The van der Waals surface area contributed by atoms with Crippen molar-refractivity contribution in [1.82, 2.24) is 0 Å². The third-order valence-corrected chi connectivity index (χ3v) is 1.10. The maximum atomic E-state index is 3.76. The van der Waals surface area contributed by atoms with Crippen molar-refractivity contribution in [2.45, 2.75) is 39.0 Å². The van der Waals surface area contributed by atoms with Crippen molar-refractivity contribution < 1.29 is 31.7 Å². The Morgan fingerprint density at radius 2 is 1.67 bits per heavy atom. The Hall–Kier alpha value is 0.843. The molecule has 0 aromatic rings. The van der Waals surface area contributed by atoms with E-state index >= 15 is 0 Å². The van der Waals surface area contributed by atoms with Gasteiger partial charge in [-0.25, -0.2) is 0 Å². The van der Waals surface area contributed by atoms with E-state index in [0.717, 1.165) is 6.42 Å². The second-order valence-electron chi connectivity index (χ2n) is 1.91. The Labute approximate surface area is 77.7 Å². The van der Waals surface area contributed by atoms with E-state index in [4.69, 9.17) is 0 Å². The summed E-state index contributed by atoms with van der Waals surface area (Å²) in [5, 5.41) is 0. The molecule has 0 unspecified atom stereocenters. The Kier molecular flexibility index (Phi) is 29.1. The van der Waals surface area contributed by atoms with E-state index in [0.29, 0.717) is 0 Å². The van der Waals surface area contributed by atoms with Gasteiger partial charge in [0.1, 0.15) is 0 Å². The van der Waals surface area contributed by atoms with E-state index in [2.05, 4.69) is 13.8 Å². The number of rotatable bonds is 4. The van der Waals surface area contributed by atoms with Gasteiger partial charge in [-0.2, -0.15) is 6.42 Å². The predicted molar refractivity (Wildman–Crippen MR) is 36.1 cm³/mol. The topological polar surface area (TPSA) is 30.0 Å². The van der Waals surface area contributed by atoms with Gasteiger partial charge in [0, 0.05) is 0 Å². The van der Waals surface area contributed by atoms with Gasteiger partial charge in [0.25, 0.3) is 0 Å². The fraction of sp³-hybridized carbons (Fsp3) is 0.857. The van der Waals surface area contributed by atoms with Crippen LogP contribution in [-0.2, 0) is 26.2 Å². The molecule has 0 bridgehead atoms. The van der Waals surface area contributed by atoms with E-state index in [1.54, 1.807) is 0 Å². The second kappa shape index (κ2) is 15.9. The van der Waals surface area contributed by atoms with Crippen LogP contribution in [0.4, 0.5) is 0 Å². The molecular weight excluding hydrogens is 191 g/mol. The molecule has 0 aliphatic carbocycles. The van der Waals surface area contributed by atoms with Gasteiger partial charge in [-0.05, 0) is 0 Å². The van der Waals surface area contributed by atoms with Crippen LogP contribution in [0, 0.1) is 6.92 Å². The van der Waals surface area contributed by atoms with Crippen LogP contribution in [0.25, 0.3) is 0 Å².